The molecule has 4 atom stereocenters. The van der Waals surface area contributed by atoms with Gasteiger partial charge >= 0.3 is 5.97 Å². The van der Waals surface area contributed by atoms with Crippen molar-refractivity contribution in [1.29, 1.82) is 0 Å². The van der Waals surface area contributed by atoms with E-state index in [1.165, 1.54) is 6.92 Å². The molecule has 0 amide bonds. The molecule has 0 N–H and O–H groups in total. The zero-order valence-corrected chi connectivity index (χ0v) is 14.0. The fraction of sp³-hybridized carbons (Fsp3) is 0.526. The fourth-order valence-corrected chi connectivity index (χ4v) is 3.28. The number of hydrogen-bond donors (Lipinski definition) is 0. The van der Waals surface area contributed by atoms with Crippen LogP contribution in [-0.2, 0) is 25.7 Å². The van der Waals surface area contributed by atoms with Gasteiger partial charge in [0.25, 0.3) is 0 Å². The summed E-state index contributed by atoms with van der Waals surface area (Å²) in [5.74, 6) is -1.60. The summed E-state index contributed by atoms with van der Waals surface area (Å²) in [6.45, 7) is 5.74. The van der Waals surface area contributed by atoms with Crippen molar-refractivity contribution in [3.8, 4) is 0 Å². The molecule has 2 rings (SSSR count). The minimum absolute atomic E-state index is 0.0158. The lowest BCUT2D eigenvalue weighted by Gasteiger charge is -2.36. The number of ketones is 2. The summed E-state index contributed by atoms with van der Waals surface area (Å²) in [5, 5.41) is 0. The molecule has 0 aromatic heterocycles. The third kappa shape index (κ3) is 4.27. The van der Waals surface area contributed by atoms with Crippen LogP contribution in [-0.4, -0.2) is 17.5 Å². The second-order valence-corrected chi connectivity index (χ2v) is 6.68. The van der Waals surface area contributed by atoms with Crippen LogP contribution in [0.5, 0.6) is 0 Å². The minimum atomic E-state index is -0.827. The summed E-state index contributed by atoms with van der Waals surface area (Å²) in [6, 6.07) is 9.24. The number of hydrogen-bond acceptors (Lipinski definition) is 4. The highest BCUT2D eigenvalue weighted by Gasteiger charge is 2.42. The molecule has 0 saturated heterocycles. The van der Waals surface area contributed by atoms with E-state index < -0.39 is 17.7 Å². The van der Waals surface area contributed by atoms with E-state index in [0.29, 0.717) is 24.7 Å². The first kappa shape index (κ1) is 17.4. The number of Topliss-reactive ketones (excluding diaryl/α,β-unsaturated/α-hetero) is 2. The Morgan fingerprint density at radius 1 is 1.00 bits per heavy atom. The normalized spacial score (nSPS) is 27.3. The Morgan fingerprint density at radius 2 is 1.57 bits per heavy atom. The van der Waals surface area contributed by atoms with Gasteiger partial charge in [0.15, 0.2) is 0 Å². The van der Waals surface area contributed by atoms with Crippen LogP contribution < -0.4 is 0 Å². The SMILES string of the molecule is CC(=O)C1CC(C)C(C)CC1C(=O)C(=O)OCc1ccccc1. The quantitative estimate of drug-likeness (QED) is 0.618. The Balaban J connectivity index is 2.01. The first-order valence-corrected chi connectivity index (χ1v) is 8.15. The molecule has 0 spiro atoms. The van der Waals surface area contributed by atoms with Gasteiger partial charge in [0.05, 0.1) is 0 Å². The number of carbonyl (C=O) groups excluding carboxylic acids is 3. The third-order valence-electron chi connectivity index (χ3n) is 4.98. The molecule has 124 valence electrons. The van der Waals surface area contributed by atoms with Crippen molar-refractivity contribution >= 4 is 17.5 Å². The van der Waals surface area contributed by atoms with Crippen LogP contribution in [0, 0.1) is 23.7 Å². The van der Waals surface area contributed by atoms with Crippen molar-refractivity contribution in [2.24, 2.45) is 23.7 Å². The molecule has 1 aromatic carbocycles. The molecule has 1 aliphatic rings. The van der Waals surface area contributed by atoms with Crippen LogP contribution in [0.1, 0.15) is 39.2 Å². The van der Waals surface area contributed by atoms with Gasteiger partial charge in [0.2, 0.25) is 5.78 Å². The lowest BCUT2D eigenvalue weighted by atomic mass is 9.67. The average molecular weight is 316 g/mol. The standard InChI is InChI=1S/C19H24O4/c1-12-9-16(14(3)20)17(10-13(12)2)18(21)19(22)23-11-15-7-5-4-6-8-15/h4-8,12-13,16-17H,9-11H2,1-3H3. The van der Waals surface area contributed by atoms with Gasteiger partial charge < -0.3 is 4.74 Å². The topological polar surface area (TPSA) is 60.4 Å². The molecule has 1 fully saturated rings. The monoisotopic (exact) mass is 316 g/mol. The maximum atomic E-state index is 12.5. The predicted molar refractivity (Wildman–Crippen MR) is 86.5 cm³/mol. The Bertz CT molecular complexity index is 578. The Morgan fingerprint density at radius 3 is 2.13 bits per heavy atom. The van der Waals surface area contributed by atoms with Gasteiger partial charge in [-0.05, 0) is 37.2 Å². The molecule has 1 saturated carbocycles. The second kappa shape index (κ2) is 7.53. The summed E-state index contributed by atoms with van der Waals surface area (Å²) >= 11 is 0. The van der Waals surface area contributed by atoms with E-state index in [9.17, 15) is 14.4 Å². The van der Waals surface area contributed by atoms with Gasteiger partial charge in [-0.3, -0.25) is 9.59 Å². The van der Waals surface area contributed by atoms with Crippen LogP contribution in [0.25, 0.3) is 0 Å². The summed E-state index contributed by atoms with van der Waals surface area (Å²) < 4.78 is 5.13. The van der Waals surface area contributed by atoms with Gasteiger partial charge in [0, 0.05) is 11.8 Å². The van der Waals surface area contributed by atoms with E-state index >= 15 is 0 Å². The number of rotatable bonds is 5. The number of benzene rings is 1. The first-order chi connectivity index (χ1) is 10.9. The molecule has 0 aliphatic heterocycles. The molecule has 0 bridgehead atoms. The molecule has 23 heavy (non-hydrogen) atoms. The maximum absolute atomic E-state index is 12.5. The third-order valence-corrected chi connectivity index (χ3v) is 4.98. The van der Waals surface area contributed by atoms with Gasteiger partial charge in [-0.15, -0.1) is 0 Å². The summed E-state index contributed by atoms with van der Waals surface area (Å²) in [7, 11) is 0. The van der Waals surface area contributed by atoms with Crippen LogP contribution in [0.4, 0.5) is 0 Å². The van der Waals surface area contributed by atoms with Gasteiger partial charge in [0.1, 0.15) is 12.4 Å². The van der Waals surface area contributed by atoms with E-state index in [2.05, 4.69) is 13.8 Å². The first-order valence-electron chi connectivity index (χ1n) is 8.15. The molecule has 4 heteroatoms. The zero-order valence-electron chi connectivity index (χ0n) is 14.0. The molecule has 0 radical (unpaired) electrons. The highest BCUT2D eigenvalue weighted by Crippen LogP contribution is 2.38. The smallest absolute Gasteiger partial charge is 0.375 e. The lowest BCUT2D eigenvalue weighted by molar-refractivity contribution is -0.159. The second-order valence-electron chi connectivity index (χ2n) is 6.68. The van der Waals surface area contributed by atoms with Crippen molar-refractivity contribution in [3.63, 3.8) is 0 Å². The molecule has 1 aliphatic carbocycles. The van der Waals surface area contributed by atoms with Crippen molar-refractivity contribution in [3.05, 3.63) is 35.9 Å². The van der Waals surface area contributed by atoms with E-state index in [4.69, 9.17) is 4.74 Å². The van der Waals surface area contributed by atoms with Gasteiger partial charge in [-0.1, -0.05) is 44.2 Å². The molecule has 4 nitrogen and oxygen atoms in total. The Kier molecular flexibility index (Phi) is 5.69. The lowest BCUT2D eigenvalue weighted by Crippen LogP contribution is -2.40. The van der Waals surface area contributed by atoms with E-state index in [1.54, 1.807) is 0 Å². The van der Waals surface area contributed by atoms with E-state index in [0.717, 1.165) is 5.56 Å². The highest BCUT2D eigenvalue weighted by molar-refractivity contribution is 6.34. The maximum Gasteiger partial charge on any atom is 0.375 e. The number of ether oxygens (including phenoxy) is 1. The summed E-state index contributed by atoms with van der Waals surface area (Å²) in [5.41, 5.74) is 0.836. The van der Waals surface area contributed by atoms with Crippen molar-refractivity contribution in [1.82, 2.24) is 0 Å². The number of esters is 1. The van der Waals surface area contributed by atoms with Crippen LogP contribution in [0.2, 0.25) is 0 Å². The van der Waals surface area contributed by atoms with Crippen molar-refractivity contribution < 1.29 is 19.1 Å². The molecular formula is C19H24O4. The van der Waals surface area contributed by atoms with Crippen LogP contribution in [0.15, 0.2) is 30.3 Å². The Hall–Kier alpha value is -1.97. The van der Waals surface area contributed by atoms with Crippen LogP contribution >= 0.6 is 0 Å². The average Bonchev–Trinajstić information content (AvgIpc) is 2.54. The number of carbonyl (C=O) groups is 3. The summed E-state index contributed by atoms with van der Waals surface area (Å²) in [4.78, 5) is 36.4. The Labute approximate surface area is 137 Å². The molecule has 0 heterocycles. The predicted octanol–water partition coefficient (Wildman–Crippen LogP) is 3.19. The van der Waals surface area contributed by atoms with E-state index in [1.807, 2.05) is 30.3 Å². The molecule has 4 unspecified atom stereocenters. The van der Waals surface area contributed by atoms with Crippen molar-refractivity contribution in [2.45, 2.75) is 40.2 Å². The molecular weight excluding hydrogens is 292 g/mol. The van der Waals surface area contributed by atoms with Gasteiger partial charge in [-0.25, -0.2) is 4.79 Å². The molecule has 1 aromatic rings. The van der Waals surface area contributed by atoms with Gasteiger partial charge in [-0.2, -0.15) is 0 Å². The van der Waals surface area contributed by atoms with Crippen LogP contribution in [0.3, 0.4) is 0 Å². The van der Waals surface area contributed by atoms with E-state index in [-0.39, 0.29) is 18.3 Å². The largest absolute Gasteiger partial charge is 0.455 e. The highest BCUT2D eigenvalue weighted by atomic mass is 16.5. The fourth-order valence-electron chi connectivity index (χ4n) is 3.28. The van der Waals surface area contributed by atoms with Crippen molar-refractivity contribution in [2.75, 3.05) is 0 Å². The summed E-state index contributed by atoms with van der Waals surface area (Å²) in [6.07, 6.45) is 1.24. The zero-order chi connectivity index (χ0) is 17.0. The minimum Gasteiger partial charge on any atom is -0.455 e.